The fourth-order valence-electron chi connectivity index (χ4n) is 6.37. The lowest BCUT2D eigenvalue weighted by molar-refractivity contribution is -0.140. The number of primary amides is 1. The van der Waals surface area contributed by atoms with Crippen LogP contribution in [0.15, 0.2) is 12.3 Å². The van der Waals surface area contributed by atoms with E-state index in [9.17, 15) is 14.4 Å². The number of aromatic nitrogens is 3. The maximum atomic E-state index is 13.5. The first-order valence-corrected chi connectivity index (χ1v) is 12.7. The highest BCUT2D eigenvalue weighted by molar-refractivity contribution is 6.04. The number of carbonyl (C=O) groups excluding carboxylic acids is 3. The number of rotatable bonds is 7. The number of hydrogen-bond donors (Lipinski definition) is 1. The highest BCUT2D eigenvalue weighted by Gasteiger charge is 2.55. The van der Waals surface area contributed by atoms with Crippen molar-refractivity contribution in [2.75, 3.05) is 0 Å². The second-order valence-electron chi connectivity index (χ2n) is 11.3. The number of fused-ring (bicyclic) bond motifs is 2. The summed E-state index contributed by atoms with van der Waals surface area (Å²) in [5.74, 6) is 0.312. The Bertz CT molecular complexity index is 1150. The number of likely N-dealkylation sites (tertiary alicyclic amines) is 1. The SMILES string of the molecule is CCc1cc2c(C(N)=O)nn(CC(=O)N3[C@@H]4C[C@@H]4C[C@H]3C(=O)C[C@@H]3CCCC(C)(C)C3)c2cn1. The molecule has 2 saturated carbocycles. The van der Waals surface area contributed by atoms with Crippen molar-refractivity contribution >= 4 is 28.5 Å². The first kappa shape index (κ1) is 23.0. The van der Waals surface area contributed by atoms with Crippen LogP contribution in [0.1, 0.15) is 81.9 Å². The first-order valence-electron chi connectivity index (χ1n) is 12.7. The zero-order valence-electron chi connectivity index (χ0n) is 20.4. The van der Waals surface area contributed by atoms with E-state index in [1.165, 1.54) is 17.5 Å². The zero-order chi connectivity index (χ0) is 24.2. The Labute approximate surface area is 200 Å². The summed E-state index contributed by atoms with van der Waals surface area (Å²) in [6.07, 6.45) is 9.26. The number of amides is 2. The smallest absolute Gasteiger partial charge is 0.269 e. The molecule has 0 aromatic carbocycles. The number of aryl methyl sites for hydroxylation is 1. The van der Waals surface area contributed by atoms with E-state index in [2.05, 4.69) is 23.9 Å². The summed E-state index contributed by atoms with van der Waals surface area (Å²) in [4.78, 5) is 45.1. The van der Waals surface area contributed by atoms with Gasteiger partial charge in [-0.05, 0) is 61.8 Å². The van der Waals surface area contributed by atoms with Gasteiger partial charge < -0.3 is 10.6 Å². The largest absolute Gasteiger partial charge is 0.364 e. The van der Waals surface area contributed by atoms with Gasteiger partial charge in [0.25, 0.3) is 5.91 Å². The normalized spacial score (nSPS) is 27.6. The quantitative estimate of drug-likeness (QED) is 0.675. The summed E-state index contributed by atoms with van der Waals surface area (Å²) in [6, 6.07) is 1.64. The minimum atomic E-state index is -0.628. The molecule has 8 heteroatoms. The molecule has 3 heterocycles. The summed E-state index contributed by atoms with van der Waals surface area (Å²) in [5, 5.41) is 4.98. The third kappa shape index (κ3) is 4.23. The zero-order valence-corrected chi connectivity index (χ0v) is 20.4. The van der Waals surface area contributed by atoms with Crippen molar-refractivity contribution in [1.29, 1.82) is 0 Å². The monoisotopic (exact) mass is 465 g/mol. The van der Waals surface area contributed by atoms with E-state index in [4.69, 9.17) is 5.73 Å². The number of ketones is 1. The van der Waals surface area contributed by atoms with Crippen molar-refractivity contribution < 1.29 is 14.4 Å². The van der Waals surface area contributed by atoms with Crippen LogP contribution in [0.25, 0.3) is 10.9 Å². The molecule has 0 spiro atoms. The third-order valence-electron chi connectivity index (χ3n) is 8.14. The molecule has 182 valence electrons. The van der Waals surface area contributed by atoms with E-state index in [0.29, 0.717) is 34.6 Å². The standard InChI is InChI=1S/C26H35N5O3/c1-4-17-11-18-21(13-28-17)30(29-24(18)25(27)34)14-23(33)31-19-9-16(19)10-20(31)22(32)8-15-6-5-7-26(2,3)12-15/h11,13,15-16,19-20H,4-10,12,14H2,1-3H3,(H2,27,34)/t15-,16+,19+,20-/m0/s1. The lowest BCUT2D eigenvalue weighted by Gasteiger charge is -2.36. The maximum absolute atomic E-state index is 13.5. The van der Waals surface area contributed by atoms with Gasteiger partial charge >= 0.3 is 0 Å². The molecular weight excluding hydrogens is 430 g/mol. The summed E-state index contributed by atoms with van der Waals surface area (Å²) < 4.78 is 1.52. The molecule has 2 aromatic heterocycles. The maximum Gasteiger partial charge on any atom is 0.269 e. The van der Waals surface area contributed by atoms with Crippen molar-refractivity contribution in [2.24, 2.45) is 23.0 Å². The van der Waals surface area contributed by atoms with Gasteiger partial charge in [0.15, 0.2) is 11.5 Å². The molecule has 2 aliphatic carbocycles. The van der Waals surface area contributed by atoms with Crippen LogP contribution in [0.4, 0.5) is 0 Å². The summed E-state index contributed by atoms with van der Waals surface area (Å²) in [6.45, 7) is 6.53. The van der Waals surface area contributed by atoms with Crippen LogP contribution in [0, 0.1) is 17.3 Å². The molecule has 1 saturated heterocycles. The Morgan fingerprint density at radius 1 is 1.24 bits per heavy atom. The molecule has 3 fully saturated rings. The Morgan fingerprint density at radius 2 is 2.03 bits per heavy atom. The molecule has 1 aliphatic heterocycles. The van der Waals surface area contributed by atoms with Crippen LogP contribution in [0.5, 0.6) is 0 Å². The van der Waals surface area contributed by atoms with E-state index in [-0.39, 0.29) is 36.0 Å². The van der Waals surface area contributed by atoms with Gasteiger partial charge in [0.2, 0.25) is 5.91 Å². The van der Waals surface area contributed by atoms with Crippen LogP contribution >= 0.6 is 0 Å². The second kappa shape index (κ2) is 8.47. The molecule has 0 unspecified atom stereocenters. The molecule has 3 aliphatic rings. The van der Waals surface area contributed by atoms with E-state index < -0.39 is 5.91 Å². The highest BCUT2D eigenvalue weighted by atomic mass is 16.2. The first-order chi connectivity index (χ1) is 16.2. The molecule has 34 heavy (non-hydrogen) atoms. The minimum Gasteiger partial charge on any atom is -0.364 e. The van der Waals surface area contributed by atoms with Gasteiger partial charge in [-0.15, -0.1) is 0 Å². The summed E-state index contributed by atoms with van der Waals surface area (Å²) in [5.41, 5.74) is 7.45. The van der Waals surface area contributed by atoms with Crippen LogP contribution in [0.2, 0.25) is 0 Å². The van der Waals surface area contributed by atoms with Crippen LogP contribution in [-0.2, 0) is 22.6 Å². The number of carbonyl (C=O) groups is 3. The van der Waals surface area contributed by atoms with Crippen LogP contribution in [-0.4, -0.2) is 49.3 Å². The molecule has 5 rings (SSSR count). The van der Waals surface area contributed by atoms with Crippen molar-refractivity contribution in [1.82, 2.24) is 19.7 Å². The van der Waals surface area contributed by atoms with Crippen molar-refractivity contribution in [3.8, 4) is 0 Å². The van der Waals surface area contributed by atoms with Crippen LogP contribution in [0.3, 0.4) is 0 Å². The topological polar surface area (TPSA) is 111 Å². The molecule has 8 nitrogen and oxygen atoms in total. The van der Waals surface area contributed by atoms with Gasteiger partial charge in [0.1, 0.15) is 6.54 Å². The summed E-state index contributed by atoms with van der Waals surface area (Å²) >= 11 is 0. The second-order valence-corrected chi connectivity index (χ2v) is 11.3. The minimum absolute atomic E-state index is 0.0274. The average Bonchev–Trinajstić information content (AvgIpc) is 3.28. The van der Waals surface area contributed by atoms with Crippen molar-refractivity contribution in [3.05, 3.63) is 23.7 Å². The van der Waals surface area contributed by atoms with E-state index in [0.717, 1.165) is 37.8 Å². The predicted molar refractivity (Wildman–Crippen MR) is 128 cm³/mol. The molecule has 2 amide bonds. The van der Waals surface area contributed by atoms with E-state index in [1.807, 2.05) is 17.9 Å². The lowest BCUT2D eigenvalue weighted by atomic mass is 9.70. The highest BCUT2D eigenvalue weighted by Crippen LogP contribution is 2.49. The van der Waals surface area contributed by atoms with Gasteiger partial charge in [-0.25, -0.2) is 0 Å². The number of piperidine rings is 1. The Morgan fingerprint density at radius 3 is 2.74 bits per heavy atom. The van der Waals surface area contributed by atoms with Gasteiger partial charge in [0, 0.05) is 23.5 Å². The number of pyridine rings is 1. The third-order valence-corrected chi connectivity index (χ3v) is 8.14. The van der Waals surface area contributed by atoms with Crippen molar-refractivity contribution in [3.63, 3.8) is 0 Å². The summed E-state index contributed by atoms with van der Waals surface area (Å²) in [7, 11) is 0. The predicted octanol–water partition coefficient (Wildman–Crippen LogP) is 3.26. The van der Waals surface area contributed by atoms with Crippen LogP contribution < -0.4 is 5.73 Å². The van der Waals surface area contributed by atoms with E-state index in [1.54, 1.807) is 6.20 Å². The Balaban J connectivity index is 1.34. The molecule has 4 atom stereocenters. The molecular formula is C26H35N5O3. The van der Waals surface area contributed by atoms with Gasteiger partial charge in [0.05, 0.1) is 17.8 Å². The molecule has 2 aromatic rings. The molecule has 0 bridgehead atoms. The molecule has 2 N–H and O–H groups in total. The van der Waals surface area contributed by atoms with Gasteiger partial charge in [-0.2, -0.15) is 5.10 Å². The Kier molecular flexibility index (Phi) is 5.73. The fourth-order valence-corrected chi connectivity index (χ4v) is 6.37. The lowest BCUT2D eigenvalue weighted by Crippen LogP contribution is -2.45. The fraction of sp³-hybridized carbons (Fsp3) is 0.654. The number of nitrogens with zero attached hydrogens (tertiary/aromatic N) is 4. The number of nitrogens with two attached hydrogens (primary N) is 1. The van der Waals surface area contributed by atoms with E-state index >= 15 is 0 Å². The number of hydrogen-bond acceptors (Lipinski definition) is 5. The van der Waals surface area contributed by atoms with Gasteiger partial charge in [-0.1, -0.05) is 27.2 Å². The Hall–Kier alpha value is -2.77. The average molecular weight is 466 g/mol. The van der Waals surface area contributed by atoms with Crippen molar-refractivity contribution in [2.45, 2.75) is 90.8 Å². The molecule has 0 radical (unpaired) electrons. The van der Waals surface area contributed by atoms with Gasteiger partial charge in [-0.3, -0.25) is 24.0 Å². The number of Topliss-reactive ketones (excluding diaryl/α,β-unsaturated/α-hetero) is 1.